The Morgan fingerprint density at radius 3 is 2.90 bits per heavy atom. The first-order valence-corrected chi connectivity index (χ1v) is 6.02. The van der Waals surface area contributed by atoms with E-state index in [-0.39, 0.29) is 17.9 Å². The summed E-state index contributed by atoms with van der Waals surface area (Å²) >= 11 is 0. The molecule has 0 spiro atoms. The third kappa shape index (κ3) is 3.16. The third-order valence-electron chi connectivity index (χ3n) is 2.74. The van der Waals surface area contributed by atoms with Gasteiger partial charge in [0.25, 0.3) is 0 Å². The Hall–Kier alpha value is -2.91. The van der Waals surface area contributed by atoms with Gasteiger partial charge in [-0.1, -0.05) is 0 Å². The van der Waals surface area contributed by atoms with Crippen LogP contribution in [0.15, 0.2) is 36.5 Å². The zero-order valence-electron chi connectivity index (χ0n) is 11.2. The molecule has 6 nitrogen and oxygen atoms in total. The molecule has 0 saturated heterocycles. The predicted molar refractivity (Wildman–Crippen MR) is 73.9 cm³/mol. The van der Waals surface area contributed by atoms with Crippen LogP contribution in [0.1, 0.15) is 15.9 Å². The zero-order chi connectivity index (χ0) is 15.2. The van der Waals surface area contributed by atoms with Gasteiger partial charge < -0.3 is 14.6 Å². The molecule has 0 unspecified atom stereocenters. The summed E-state index contributed by atoms with van der Waals surface area (Å²) in [5.74, 6) is -0.702. The number of carboxylic acid groups (broad SMARTS) is 1. The molecule has 0 aliphatic rings. The number of hydrogen-bond acceptors (Lipinski definition) is 5. The lowest BCUT2D eigenvalue weighted by Crippen LogP contribution is -2.03. The van der Waals surface area contributed by atoms with E-state index >= 15 is 0 Å². The van der Waals surface area contributed by atoms with Crippen LogP contribution >= 0.6 is 0 Å². The van der Waals surface area contributed by atoms with Crippen LogP contribution in [-0.4, -0.2) is 30.0 Å². The summed E-state index contributed by atoms with van der Waals surface area (Å²) in [7, 11) is 1.48. The molecule has 0 aliphatic carbocycles. The molecule has 21 heavy (non-hydrogen) atoms. The standard InChI is InChI=1S/C15H12N2O4/c1-20-9-21-13-5-4-10(7-11(13)8-16)14-12(15(18)19)3-2-6-17-14/h2-7H,9H2,1H3,(H,18,19). The molecule has 2 aromatic rings. The lowest BCUT2D eigenvalue weighted by atomic mass is 10.0. The van der Waals surface area contributed by atoms with Gasteiger partial charge in [-0.15, -0.1) is 0 Å². The van der Waals surface area contributed by atoms with Crippen molar-refractivity contribution in [2.24, 2.45) is 0 Å². The number of aromatic nitrogens is 1. The van der Waals surface area contributed by atoms with E-state index in [9.17, 15) is 9.90 Å². The van der Waals surface area contributed by atoms with Crippen LogP contribution in [-0.2, 0) is 4.74 Å². The highest BCUT2D eigenvalue weighted by Gasteiger charge is 2.14. The lowest BCUT2D eigenvalue weighted by Gasteiger charge is -2.09. The second-order valence-electron chi connectivity index (χ2n) is 4.08. The highest BCUT2D eigenvalue weighted by Crippen LogP contribution is 2.27. The van der Waals surface area contributed by atoms with Gasteiger partial charge in [0.2, 0.25) is 0 Å². The van der Waals surface area contributed by atoms with Crippen molar-refractivity contribution in [2.45, 2.75) is 0 Å². The van der Waals surface area contributed by atoms with Crippen LogP contribution in [0.5, 0.6) is 5.75 Å². The number of hydrogen-bond donors (Lipinski definition) is 1. The van der Waals surface area contributed by atoms with Crippen LogP contribution in [0, 0.1) is 11.3 Å². The van der Waals surface area contributed by atoms with Crippen molar-refractivity contribution in [1.82, 2.24) is 4.98 Å². The second kappa shape index (κ2) is 6.50. The van der Waals surface area contributed by atoms with Crippen molar-refractivity contribution in [3.63, 3.8) is 0 Å². The average Bonchev–Trinajstić information content (AvgIpc) is 2.52. The number of nitrogens with zero attached hydrogens (tertiary/aromatic N) is 2. The largest absolute Gasteiger partial charge is 0.478 e. The molecule has 1 aromatic carbocycles. The Bertz CT molecular complexity index is 707. The van der Waals surface area contributed by atoms with Crippen molar-refractivity contribution in [2.75, 3.05) is 13.9 Å². The van der Waals surface area contributed by atoms with Gasteiger partial charge in [-0.3, -0.25) is 4.98 Å². The van der Waals surface area contributed by atoms with Crippen LogP contribution in [0.4, 0.5) is 0 Å². The molecule has 2 rings (SSSR count). The summed E-state index contributed by atoms with van der Waals surface area (Å²) in [5.41, 5.74) is 1.20. The first kappa shape index (κ1) is 14.5. The number of carboxylic acids is 1. The SMILES string of the molecule is COCOc1ccc(-c2ncccc2C(=O)O)cc1C#N. The highest BCUT2D eigenvalue weighted by molar-refractivity contribution is 5.94. The van der Waals surface area contributed by atoms with E-state index in [1.165, 1.54) is 19.4 Å². The molecule has 0 bridgehead atoms. The first-order chi connectivity index (χ1) is 10.2. The Morgan fingerprint density at radius 1 is 1.43 bits per heavy atom. The molecule has 1 aromatic heterocycles. The smallest absolute Gasteiger partial charge is 0.337 e. The molecule has 0 radical (unpaired) electrons. The van der Waals surface area contributed by atoms with Gasteiger partial charge in [0.05, 0.1) is 16.8 Å². The first-order valence-electron chi connectivity index (χ1n) is 6.02. The summed E-state index contributed by atoms with van der Waals surface area (Å²) in [5, 5.41) is 18.3. The number of nitriles is 1. The molecule has 0 saturated carbocycles. The predicted octanol–water partition coefficient (Wildman–Crippen LogP) is 2.30. The molecule has 0 amide bonds. The van der Waals surface area contributed by atoms with Crippen molar-refractivity contribution in [3.8, 4) is 23.1 Å². The fourth-order valence-electron chi connectivity index (χ4n) is 1.82. The van der Waals surface area contributed by atoms with E-state index < -0.39 is 5.97 Å². The number of carbonyl (C=O) groups is 1. The van der Waals surface area contributed by atoms with Gasteiger partial charge in [0.15, 0.2) is 6.79 Å². The zero-order valence-corrected chi connectivity index (χ0v) is 11.2. The Labute approximate surface area is 121 Å². The van der Waals surface area contributed by atoms with Crippen LogP contribution < -0.4 is 4.74 Å². The summed E-state index contributed by atoms with van der Waals surface area (Å²) in [6.45, 7) is 0.0258. The molecular weight excluding hydrogens is 272 g/mol. The quantitative estimate of drug-likeness (QED) is 0.847. The number of aromatic carboxylic acids is 1. The van der Waals surface area contributed by atoms with Crippen molar-refractivity contribution in [1.29, 1.82) is 5.26 Å². The molecular formula is C15H12N2O4. The molecule has 0 aliphatic heterocycles. The van der Waals surface area contributed by atoms with Crippen LogP contribution in [0.25, 0.3) is 11.3 Å². The minimum atomic E-state index is -1.07. The lowest BCUT2D eigenvalue weighted by molar-refractivity contribution is 0.0509. The Balaban J connectivity index is 2.47. The normalized spacial score (nSPS) is 9.90. The minimum absolute atomic E-state index is 0.0258. The highest BCUT2D eigenvalue weighted by atomic mass is 16.7. The van der Waals surface area contributed by atoms with Gasteiger partial charge >= 0.3 is 5.97 Å². The maximum absolute atomic E-state index is 11.2. The average molecular weight is 284 g/mol. The van der Waals surface area contributed by atoms with E-state index in [0.29, 0.717) is 17.0 Å². The fourth-order valence-corrected chi connectivity index (χ4v) is 1.82. The summed E-state index contributed by atoms with van der Waals surface area (Å²) in [6.07, 6.45) is 1.50. The van der Waals surface area contributed by atoms with Gasteiger partial charge in [0.1, 0.15) is 11.8 Å². The van der Waals surface area contributed by atoms with E-state index in [2.05, 4.69) is 4.98 Å². The molecule has 0 atom stereocenters. The van der Waals surface area contributed by atoms with Crippen molar-refractivity contribution < 1.29 is 19.4 Å². The van der Waals surface area contributed by atoms with Crippen LogP contribution in [0.3, 0.4) is 0 Å². The Morgan fingerprint density at radius 2 is 2.24 bits per heavy atom. The molecule has 6 heteroatoms. The summed E-state index contributed by atoms with van der Waals surface area (Å²) in [6, 6.07) is 9.81. The van der Waals surface area contributed by atoms with E-state index in [1.54, 1.807) is 24.3 Å². The fraction of sp³-hybridized carbons (Fsp3) is 0.133. The maximum Gasteiger partial charge on any atom is 0.337 e. The second-order valence-corrected chi connectivity index (χ2v) is 4.08. The van der Waals surface area contributed by atoms with E-state index in [1.807, 2.05) is 6.07 Å². The van der Waals surface area contributed by atoms with Gasteiger partial charge in [-0.2, -0.15) is 5.26 Å². The summed E-state index contributed by atoms with van der Waals surface area (Å²) in [4.78, 5) is 15.3. The number of methoxy groups -OCH3 is 1. The number of ether oxygens (including phenoxy) is 2. The third-order valence-corrected chi connectivity index (χ3v) is 2.74. The van der Waals surface area contributed by atoms with Crippen molar-refractivity contribution >= 4 is 5.97 Å². The number of pyridine rings is 1. The van der Waals surface area contributed by atoms with Crippen LogP contribution in [0.2, 0.25) is 0 Å². The minimum Gasteiger partial charge on any atom is -0.478 e. The van der Waals surface area contributed by atoms with E-state index in [0.717, 1.165) is 0 Å². The van der Waals surface area contributed by atoms with Gasteiger partial charge in [-0.25, -0.2) is 4.79 Å². The topological polar surface area (TPSA) is 92.4 Å². The maximum atomic E-state index is 11.2. The number of benzene rings is 1. The summed E-state index contributed by atoms with van der Waals surface area (Å²) < 4.78 is 10.1. The molecule has 106 valence electrons. The van der Waals surface area contributed by atoms with Crippen molar-refractivity contribution in [3.05, 3.63) is 47.7 Å². The molecule has 1 N–H and O–H groups in total. The molecule has 1 heterocycles. The molecule has 0 fully saturated rings. The van der Waals surface area contributed by atoms with E-state index in [4.69, 9.17) is 14.7 Å². The van der Waals surface area contributed by atoms with Gasteiger partial charge in [0, 0.05) is 18.9 Å². The van der Waals surface area contributed by atoms with Gasteiger partial charge in [-0.05, 0) is 30.3 Å². The monoisotopic (exact) mass is 284 g/mol. The number of rotatable bonds is 5. The Kier molecular flexibility index (Phi) is 4.49.